The SMILES string of the molecule is CS(=O)(=O)OCC1=CN(CC2CC2)NC(c2ccc(S(C)(=O)=O)cc2)=C1. The van der Waals surface area contributed by atoms with Crippen LogP contribution in [0.2, 0.25) is 0 Å². The maximum Gasteiger partial charge on any atom is 0.264 e. The molecule has 0 atom stereocenters. The Morgan fingerprint density at radius 2 is 1.77 bits per heavy atom. The van der Waals surface area contributed by atoms with Crippen LogP contribution in [-0.4, -0.2) is 47.5 Å². The van der Waals surface area contributed by atoms with Crippen molar-refractivity contribution in [1.29, 1.82) is 0 Å². The molecule has 9 heteroatoms. The van der Waals surface area contributed by atoms with Gasteiger partial charge in [-0.15, -0.1) is 0 Å². The van der Waals surface area contributed by atoms with Crippen molar-refractivity contribution in [3.63, 3.8) is 0 Å². The lowest BCUT2D eigenvalue weighted by atomic mass is 10.1. The number of hydrogen-bond acceptors (Lipinski definition) is 7. The van der Waals surface area contributed by atoms with E-state index in [1.165, 1.54) is 19.1 Å². The van der Waals surface area contributed by atoms with Crippen molar-refractivity contribution in [2.75, 3.05) is 25.7 Å². The van der Waals surface area contributed by atoms with Crippen LogP contribution < -0.4 is 5.43 Å². The van der Waals surface area contributed by atoms with Gasteiger partial charge in [0, 0.05) is 19.0 Å². The summed E-state index contributed by atoms with van der Waals surface area (Å²) in [5.41, 5.74) is 5.58. The van der Waals surface area contributed by atoms with Crippen LogP contribution in [0, 0.1) is 5.92 Å². The number of hydrogen-bond donors (Lipinski definition) is 1. The summed E-state index contributed by atoms with van der Waals surface area (Å²) < 4.78 is 50.7. The smallest absolute Gasteiger partial charge is 0.264 e. The van der Waals surface area contributed by atoms with Gasteiger partial charge in [-0.25, -0.2) is 8.42 Å². The summed E-state index contributed by atoms with van der Waals surface area (Å²) in [6.07, 6.45) is 8.21. The second-order valence-corrected chi connectivity index (χ2v) is 10.4. The molecule has 0 spiro atoms. The van der Waals surface area contributed by atoms with E-state index in [4.69, 9.17) is 4.18 Å². The van der Waals surface area contributed by atoms with Gasteiger partial charge in [-0.05, 0) is 48.1 Å². The summed E-state index contributed by atoms with van der Waals surface area (Å²) >= 11 is 0. The highest BCUT2D eigenvalue weighted by Crippen LogP contribution is 2.31. The van der Waals surface area contributed by atoms with Crippen LogP contribution in [0.3, 0.4) is 0 Å². The highest BCUT2D eigenvalue weighted by Gasteiger charge is 2.25. The number of hydrazine groups is 1. The first-order valence-electron chi connectivity index (χ1n) is 8.21. The monoisotopic (exact) mass is 398 g/mol. The predicted octanol–water partition coefficient (Wildman–Crippen LogP) is 1.52. The number of nitrogens with one attached hydrogen (secondary N) is 1. The van der Waals surface area contributed by atoms with E-state index in [1.807, 2.05) is 17.3 Å². The van der Waals surface area contributed by atoms with Gasteiger partial charge in [0.25, 0.3) is 10.1 Å². The maximum atomic E-state index is 11.6. The van der Waals surface area contributed by atoms with Crippen LogP contribution in [0.15, 0.2) is 47.0 Å². The van der Waals surface area contributed by atoms with Crippen molar-refractivity contribution in [3.05, 3.63) is 47.7 Å². The molecule has 1 aliphatic heterocycles. The zero-order chi connectivity index (χ0) is 18.9. The molecule has 1 heterocycles. The highest BCUT2D eigenvalue weighted by atomic mass is 32.2. The van der Waals surface area contributed by atoms with E-state index < -0.39 is 20.0 Å². The highest BCUT2D eigenvalue weighted by molar-refractivity contribution is 7.90. The Morgan fingerprint density at radius 3 is 2.31 bits per heavy atom. The predicted molar refractivity (Wildman–Crippen MR) is 99.0 cm³/mol. The molecular formula is C17H22N2O5S2. The summed E-state index contributed by atoms with van der Waals surface area (Å²) in [5, 5.41) is 1.93. The largest absolute Gasteiger partial charge is 0.298 e. The van der Waals surface area contributed by atoms with E-state index in [9.17, 15) is 16.8 Å². The molecule has 7 nitrogen and oxygen atoms in total. The molecule has 3 rings (SSSR count). The summed E-state index contributed by atoms with van der Waals surface area (Å²) in [5.74, 6) is 0.628. The minimum Gasteiger partial charge on any atom is -0.298 e. The Kier molecular flexibility index (Phi) is 5.14. The fourth-order valence-corrected chi connectivity index (χ4v) is 3.58. The fraction of sp³-hybridized carbons (Fsp3) is 0.412. The van der Waals surface area contributed by atoms with Crippen molar-refractivity contribution >= 4 is 25.7 Å². The van der Waals surface area contributed by atoms with Gasteiger partial charge < -0.3 is 0 Å². The topological polar surface area (TPSA) is 92.8 Å². The average Bonchev–Trinajstić information content (AvgIpc) is 3.35. The van der Waals surface area contributed by atoms with Crippen LogP contribution in [-0.2, 0) is 24.1 Å². The Hall–Kier alpha value is -1.84. The van der Waals surface area contributed by atoms with Crippen molar-refractivity contribution in [3.8, 4) is 0 Å². The molecule has 1 saturated carbocycles. The summed E-state index contributed by atoms with van der Waals surface area (Å²) in [7, 11) is -6.78. The minimum atomic E-state index is -3.53. The normalized spacial score (nSPS) is 18.2. The molecular weight excluding hydrogens is 376 g/mol. The maximum absolute atomic E-state index is 11.6. The van der Waals surface area contributed by atoms with Gasteiger partial charge in [-0.3, -0.25) is 14.6 Å². The molecule has 0 saturated heterocycles. The Morgan fingerprint density at radius 1 is 1.12 bits per heavy atom. The third-order valence-corrected chi connectivity index (χ3v) is 5.77. The van der Waals surface area contributed by atoms with Crippen LogP contribution in [0.5, 0.6) is 0 Å². The van der Waals surface area contributed by atoms with Crippen LogP contribution in [0.25, 0.3) is 5.70 Å². The van der Waals surface area contributed by atoms with E-state index >= 15 is 0 Å². The van der Waals surface area contributed by atoms with E-state index in [2.05, 4.69) is 5.43 Å². The van der Waals surface area contributed by atoms with Crippen molar-refractivity contribution in [1.82, 2.24) is 10.4 Å². The van der Waals surface area contributed by atoms with E-state index in [1.54, 1.807) is 24.3 Å². The molecule has 0 radical (unpaired) electrons. The molecule has 142 valence electrons. The van der Waals surface area contributed by atoms with Gasteiger partial charge in [0.2, 0.25) is 0 Å². The van der Waals surface area contributed by atoms with Crippen LogP contribution >= 0.6 is 0 Å². The lowest BCUT2D eigenvalue weighted by molar-refractivity contribution is 0.295. The molecule has 1 aromatic carbocycles. The third kappa shape index (κ3) is 5.33. The van der Waals surface area contributed by atoms with Gasteiger partial charge in [0.05, 0.1) is 23.5 Å². The van der Waals surface area contributed by atoms with Gasteiger partial charge in [-0.2, -0.15) is 8.42 Å². The van der Waals surface area contributed by atoms with Crippen LogP contribution in [0.1, 0.15) is 18.4 Å². The van der Waals surface area contributed by atoms with Crippen molar-refractivity contribution in [2.24, 2.45) is 5.92 Å². The lowest BCUT2D eigenvalue weighted by Gasteiger charge is -2.29. The Balaban J connectivity index is 1.83. The van der Waals surface area contributed by atoms with E-state index in [0.717, 1.165) is 29.6 Å². The molecule has 1 N–H and O–H groups in total. The molecule has 1 fully saturated rings. The average molecular weight is 399 g/mol. The molecule has 0 bridgehead atoms. The van der Waals surface area contributed by atoms with E-state index in [-0.39, 0.29) is 11.5 Å². The first-order chi connectivity index (χ1) is 12.1. The second kappa shape index (κ2) is 7.05. The fourth-order valence-electron chi connectivity index (χ4n) is 2.60. The van der Waals surface area contributed by atoms with Crippen molar-refractivity contribution in [2.45, 2.75) is 17.7 Å². The summed E-state index contributed by atoms with van der Waals surface area (Å²) in [4.78, 5) is 0.253. The number of rotatable bonds is 7. The molecule has 26 heavy (non-hydrogen) atoms. The first-order valence-corrected chi connectivity index (χ1v) is 11.9. The number of nitrogens with zero attached hydrogens (tertiary/aromatic N) is 1. The molecule has 1 aliphatic carbocycles. The lowest BCUT2D eigenvalue weighted by Crippen LogP contribution is -2.36. The molecule has 2 aliphatic rings. The standard InChI is InChI=1S/C17H22N2O5S2/c1-25(20,21)16-7-5-15(6-8-16)17-9-14(12-24-26(2,22)23)11-19(18-17)10-13-3-4-13/h5-9,11,13,18H,3-4,10,12H2,1-2H3. The summed E-state index contributed by atoms with van der Waals surface area (Å²) in [6.45, 7) is 0.772. The van der Waals surface area contributed by atoms with Crippen LogP contribution in [0.4, 0.5) is 0 Å². The Bertz CT molecular complexity index is 943. The second-order valence-electron chi connectivity index (χ2n) is 6.73. The number of benzene rings is 1. The zero-order valence-electron chi connectivity index (χ0n) is 14.7. The van der Waals surface area contributed by atoms with E-state index in [0.29, 0.717) is 5.92 Å². The first kappa shape index (κ1) is 18.9. The third-order valence-electron chi connectivity index (χ3n) is 4.10. The minimum absolute atomic E-state index is 0.0490. The van der Waals surface area contributed by atoms with Crippen molar-refractivity contribution < 1.29 is 21.0 Å². The van der Waals surface area contributed by atoms with Gasteiger partial charge in [0.1, 0.15) is 0 Å². The van der Waals surface area contributed by atoms with Gasteiger partial charge in [0.15, 0.2) is 9.84 Å². The molecule has 0 amide bonds. The van der Waals surface area contributed by atoms with Gasteiger partial charge >= 0.3 is 0 Å². The Labute approximate surface area is 154 Å². The zero-order valence-corrected chi connectivity index (χ0v) is 16.3. The number of sulfone groups is 1. The summed E-state index contributed by atoms with van der Waals surface area (Å²) in [6, 6.07) is 6.57. The molecule has 0 aromatic heterocycles. The molecule has 0 unspecified atom stereocenters. The molecule has 1 aromatic rings. The quantitative estimate of drug-likeness (QED) is 0.696. The van der Waals surface area contributed by atoms with Gasteiger partial charge in [-0.1, -0.05) is 12.1 Å².